The lowest BCUT2D eigenvalue weighted by atomic mass is 10.2. The first kappa shape index (κ1) is 12.9. The minimum atomic E-state index is -2.77. The molecule has 0 saturated carbocycles. The topological polar surface area (TPSA) is 83.3 Å². The van der Waals surface area contributed by atoms with E-state index in [0.29, 0.717) is 0 Å². The van der Waals surface area contributed by atoms with Crippen LogP contribution in [0.2, 0.25) is 0 Å². The summed E-state index contributed by atoms with van der Waals surface area (Å²) >= 11 is -1.65. The molecule has 0 aliphatic heterocycles. The van der Waals surface area contributed by atoms with Gasteiger partial charge in [0.05, 0.1) is 4.88 Å². The van der Waals surface area contributed by atoms with Gasteiger partial charge in [0.1, 0.15) is 0 Å². The maximum atomic E-state index is 10.9. The quantitative estimate of drug-likeness (QED) is 0.490. The maximum absolute atomic E-state index is 10.9. The van der Waals surface area contributed by atoms with Crippen LogP contribution in [0.1, 0.15) is 10.3 Å². The van der Waals surface area contributed by atoms with Crippen molar-refractivity contribution in [2.75, 3.05) is 0 Å². The molecule has 2 atom stereocenters. The molecule has 5 nitrogen and oxygen atoms in total. The summed E-state index contributed by atoms with van der Waals surface area (Å²) in [6, 6.07) is 12.5. The van der Waals surface area contributed by atoms with E-state index < -0.39 is 21.4 Å². The molecule has 1 heterocycles. The van der Waals surface area contributed by atoms with E-state index in [-0.39, 0.29) is 4.88 Å². The fourth-order valence-electron chi connectivity index (χ4n) is 1.51. The Morgan fingerprint density at radius 1 is 1.17 bits per heavy atom. The Hall–Kier alpha value is -1.57. The average Bonchev–Trinajstić information content (AvgIpc) is 2.78. The molecule has 0 saturated heterocycles. The van der Waals surface area contributed by atoms with Crippen LogP contribution in [0.25, 0.3) is 10.4 Å². The van der Waals surface area contributed by atoms with Gasteiger partial charge in [0.15, 0.2) is 0 Å². The van der Waals surface area contributed by atoms with Gasteiger partial charge in [0.2, 0.25) is 0 Å². The second kappa shape index (κ2) is 5.38. The third-order valence-corrected chi connectivity index (χ3v) is 4.43. The molecule has 0 aliphatic rings. The summed E-state index contributed by atoms with van der Waals surface area (Å²) in [6.45, 7) is 0. The number of nitrogens with zero attached hydrogens (tertiary/aromatic N) is 1. The summed E-state index contributed by atoms with van der Waals surface area (Å²) in [6.07, 6.45) is 0. The lowest BCUT2D eigenvalue weighted by molar-refractivity contribution is -0.502. The van der Waals surface area contributed by atoms with Crippen LogP contribution < -0.4 is 0 Å². The Balaban J connectivity index is 2.36. The molecular weight excluding hydrogens is 274 g/mol. The van der Waals surface area contributed by atoms with Crippen LogP contribution in [0, 0.1) is 10.1 Å². The largest absolute Gasteiger partial charge is 0.767 e. The van der Waals surface area contributed by atoms with Gasteiger partial charge in [-0.1, -0.05) is 30.3 Å². The molecule has 1 aromatic carbocycles. The Morgan fingerprint density at radius 2 is 1.83 bits per heavy atom. The van der Waals surface area contributed by atoms with Crippen molar-refractivity contribution in [3.05, 3.63) is 57.5 Å². The van der Waals surface area contributed by atoms with Crippen molar-refractivity contribution in [2.45, 2.75) is 5.37 Å². The second-order valence-electron chi connectivity index (χ2n) is 3.47. The zero-order valence-corrected chi connectivity index (χ0v) is 10.6. The van der Waals surface area contributed by atoms with Crippen molar-refractivity contribution in [1.82, 2.24) is 0 Å². The Labute approximate surface area is 110 Å². The van der Waals surface area contributed by atoms with Gasteiger partial charge in [-0.15, -0.1) is 11.3 Å². The summed E-state index contributed by atoms with van der Waals surface area (Å²) in [5, 5.41) is 9.02. The third-order valence-electron chi connectivity index (χ3n) is 2.30. The first-order chi connectivity index (χ1) is 8.59. The monoisotopic (exact) mass is 282 g/mol. The van der Waals surface area contributed by atoms with Gasteiger partial charge in [-0.05, 0) is 17.7 Å². The van der Waals surface area contributed by atoms with E-state index in [1.807, 2.05) is 30.3 Å². The summed E-state index contributed by atoms with van der Waals surface area (Å²) in [7, 11) is 0. The zero-order valence-electron chi connectivity index (χ0n) is 9.02. The van der Waals surface area contributed by atoms with Crippen LogP contribution in [0.15, 0.2) is 42.5 Å². The Bertz CT molecular complexity index is 568. The molecule has 7 heteroatoms. The summed E-state index contributed by atoms with van der Waals surface area (Å²) in [4.78, 5) is 10.9. The molecule has 94 valence electrons. The van der Waals surface area contributed by atoms with Crippen molar-refractivity contribution in [3.63, 3.8) is 0 Å². The van der Waals surface area contributed by atoms with Crippen LogP contribution in [-0.4, -0.2) is 13.7 Å². The number of hydrogen-bond donors (Lipinski definition) is 0. The second-order valence-corrected chi connectivity index (χ2v) is 5.55. The van der Waals surface area contributed by atoms with Crippen LogP contribution in [0.4, 0.5) is 0 Å². The Morgan fingerprint density at radius 3 is 2.39 bits per heavy atom. The number of benzene rings is 1. The fourth-order valence-corrected chi connectivity index (χ4v) is 3.27. The fraction of sp³-hybridized carbons (Fsp3) is 0.0909. The summed E-state index contributed by atoms with van der Waals surface area (Å²) in [5.41, 5.74) is 0.910. The van der Waals surface area contributed by atoms with Crippen molar-refractivity contribution in [1.29, 1.82) is 0 Å². The molecular formula is C11H8NO4S2-. The molecule has 1 aromatic heterocycles. The molecule has 0 aliphatic carbocycles. The van der Waals surface area contributed by atoms with Crippen LogP contribution in [-0.2, 0) is 11.1 Å². The molecule has 0 fully saturated rings. The normalized spacial score (nSPS) is 14.1. The van der Waals surface area contributed by atoms with E-state index in [2.05, 4.69) is 0 Å². The molecule has 0 amide bonds. The standard InChI is InChI=1S/C11H9NO4S2/c13-12(14)11(18(15)16)10-7-6-9(17-10)8-4-2-1-3-5-8/h1-7,11H,(H,15,16)/p-1. The van der Waals surface area contributed by atoms with Crippen molar-refractivity contribution in [2.24, 2.45) is 0 Å². The summed E-state index contributed by atoms with van der Waals surface area (Å²) < 4.78 is 21.7. The SMILES string of the molecule is O=[N+]([O-])C(c1ccc(-c2ccccc2)s1)S(=O)[O-]. The number of thiophene rings is 1. The maximum Gasteiger partial charge on any atom is 0.307 e. The highest BCUT2D eigenvalue weighted by molar-refractivity contribution is 7.79. The predicted octanol–water partition coefficient (Wildman–Crippen LogP) is 2.57. The molecule has 0 N–H and O–H groups in total. The van der Waals surface area contributed by atoms with Crippen LogP contribution in [0.3, 0.4) is 0 Å². The minimum absolute atomic E-state index is 0.215. The van der Waals surface area contributed by atoms with Gasteiger partial charge in [0.25, 0.3) is 0 Å². The van der Waals surface area contributed by atoms with Crippen LogP contribution >= 0.6 is 11.3 Å². The highest BCUT2D eigenvalue weighted by Crippen LogP contribution is 2.33. The highest BCUT2D eigenvalue weighted by atomic mass is 32.2. The van der Waals surface area contributed by atoms with E-state index in [1.165, 1.54) is 6.07 Å². The molecule has 2 unspecified atom stereocenters. The molecule has 0 bridgehead atoms. The third kappa shape index (κ3) is 2.63. The van der Waals surface area contributed by atoms with E-state index in [0.717, 1.165) is 21.8 Å². The number of nitro groups is 1. The van der Waals surface area contributed by atoms with E-state index in [4.69, 9.17) is 0 Å². The van der Waals surface area contributed by atoms with Gasteiger partial charge in [-0.2, -0.15) is 0 Å². The van der Waals surface area contributed by atoms with Crippen molar-refractivity contribution >= 4 is 22.4 Å². The Kier molecular flexibility index (Phi) is 3.85. The highest BCUT2D eigenvalue weighted by Gasteiger charge is 2.25. The minimum Gasteiger partial charge on any atom is -0.767 e. The van der Waals surface area contributed by atoms with Crippen molar-refractivity contribution < 1.29 is 13.7 Å². The van der Waals surface area contributed by atoms with E-state index in [9.17, 15) is 18.9 Å². The van der Waals surface area contributed by atoms with E-state index >= 15 is 0 Å². The number of rotatable bonds is 4. The van der Waals surface area contributed by atoms with Gasteiger partial charge in [-0.25, -0.2) is 0 Å². The van der Waals surface area contributed by atoms with Gasteiger partial charge >= 0.3 is 5.37 Å². The van der Waals surface area contributed by atoms with Gasteiger partial charge < -0.3 is 4.55 Å². The predicted molar refractivity (Wildman–Crippen MR) is 68.4 cm³/mol. The molecule has 0 radical (unpaired) electrons. The first-order valence-corrected chi connectivity index (χ1v) is 6.92. The lowest BCUT2D eigenvalue weighted by Gasteiger charge is -2.09. The molecule has 18 heavy (non-hydrogen) atoms. The average molecular weight is 282 g/mol. The summed E-state index contributed by atoms with van der Waals surface area (Å²) in [5.74, 6) is 0. The zero-order chi connectivity index (χ0) is 13.1. The molecule has 0 spiro atoms. The van der Waals surface area contributed by atoms with Gasteiger partial charge in [0, 0.05) is 20.9 Å². The lowest BCUT2D eigenvalue weighted by Crippen LogP contribution is -2.14. The van der Waals surface area contributed by atoms with Crippen molar-refractivity contribution in [3.8, 4) is 10.4 Å². The number of hydrogen-bond acceptors (Lipinski definition) is 5. The van der Waals surface area contributed by atoms with Gasteiger partial charge in [-0.3, -0.25) is 14.3 Å². The smallest absolute Gasteiger partial charge is 0.307 e. The van der Waals surface area contributed by atoms with E-state index in [1.54, 1.807) is 6.07 Å². The molecule has 2 rings (SSSR count). The van der Waals surface area contributed by atoms with Crippen LogP contribution in [0.5, 0.6) is 0 Å². The first-order valence-electron chi connectivity index (χ1n) is 4.96. The molecule has 2 aromatic rings.